The largest absolute Gasteiger partial charge is 0.481 e. The first-order valence-electron chi connectivity index (χ1n) is 8.21. The Bertz CT molecular complexity index is 776. The van der Waals surface area contributed by atoms with Crippen molar-refractivity contribution in [2.75, 3.05) is 29.5 Å². The van der Waals surface area contributed by atoms with E-state index in [9.17, 15) is 14.7 Å². The second kappa shape index (κ2) is 6.78. The van der Waals surface area contributed by atoms with E-state index in [2.05, 4.69) is 4.98 Å². The molecule has 1 amide bonds. The van der Waals surface area contributed by atoms with Crippen LogP contribution in [0, 0.1) is 12.3 Å². The highest BCUT2D eigenvalue weighted by atomic mass is 32.2. The highest BCUT2D eigenvalue weighted by Gasteiger charge is 2.56. The Morgan fingerprint density at radius 1 is 1.54 bits per heavy atom. The van der Waals surface area contributed by atoms with Crippen molar-refractivity contribution in [2.45, 2.75) is 37.0 Å². The van der Waals surface area contributed by atoms with Crippen LogP contribution in [0.25, 0.3) is 0 Å². The Labute approximate surface area is 159 Å². The van der Waals surface area contributed by atoms with E-state index < -0.39 is 17.4 Å². The molecule has 142 valence electrons. The van der Waals surface area contributed by atoms with Crippen LogP contribution in [-0.2, 0) is 16.1 Å². The Morgan fingerprint density at radius 3 is 2.85 bits per heavy atom. The molecule has 2 aliphatic heterocycles. The minimum atomic E-state index is -1.07. The maximum Gasteiger partial charge on any atom is 0.313 e. The number of anilines is 2. The van der Waals surface area contributed by atoms with E-state index in [-0.39, 0.29) is 23.6 Å². The van der Waals surface area contributed by atoms with Crippen LogP contribution in [0.15, 0.2) is 5.16 Å². The summed E-state index contributed by atoms with van der Waals surface area (Å²) in [6, 6.07) is -0.528. The first-order chi connectivity index (χ1) is 12.2. The quantitative estimate of drug-likeness (QED) is 0.217. The molecule has 0 aromatic carbocycles. The number of amides is 1. The van der Waals surface area contributed by atoms with E-state index in [4.69, 9.17) is 17.2 Å². The number of carbonyl (C=O) groups excluding carboxylic acids is 1. The lowest BCUT2D eigenvalue weighted by atomic mass is 9.89. The smallest absolute Gasteiger partial charge is 0.313 e. The van der Waals surface area contributed by atoms with Crippen LogP contribution in [0.1, 0.15) is 12.5 Å². The van der Waals surface area contributed by atoms with Crippen LogP contribution >= 0.6 is 23.5 Å². The zero-order chi connectivity index (χ0) is 19.2. The first kappa shape index (κ1) is 19.1. The van der Waals surface area contributed by atoms with Gasteiger partial charge in [0.1, 0.15) is 16.8 Å². The van der Waals surface area contributed by atoms with Crippen molar-refractivity contribution < 1.29 is 19.3 Å². The average Bonchev–Trinajstić information content (AvgIpc) is 2.63. The van der Waals surface area contributed by atoms with Crippen LogP contribution in [0.4, 0.5) is 11.6 Å². The fraction of sp³-hybridized carbons (Fsp3) is 0.600. The third-order valence-corrected chi connectivity index (χ3v) is 7.81. The van der Waals surface area contributed by atoms with Crippen molar-refractivity contribution in [3.8, 4) is 0 Å². The van der Waals surface area contributed by atoms with Crippen molar-refractivity contribution in [3.05, 3.63) is 5.56 Å². The number of nitrogen functional groups attached to an aromatic ring is 2. The molecule has 3 rings (SSSR count). The number of nitrogens with two attached hydrogens (primary N) is 3. The van der Waals surface area contributed by atoms with Crippen molar-refractivity contribution in [3.63, 3.8) is 0 Å². The summed E-state index contributed by atoms with van der Waals surface area (Å²) in [5, 5.41) is 10.3. The van der Waals surface area contributed by atoms with Gasteiger partial charge in [-0.05, 0) is 13.8 Å². The van der Waals surface area contributed by atoms with Crippen LogP contribution in [-0.4, -0.2) is 56.3 Å². The van der Waals surface area contributed by atoms with E-state index in [1.807, 2.05) is 11.5 Å². The number of thioether (sulfide) groups is 2. The van der Waals surface area contributed by atoms with E-state index in [0.29, 0.717) is 34.7 Å². The lowest BCUT2D eigenvalue weighted by molar-refractivity contribution is -0.720. The maximum atomic E-state index is 12.0. The molecule has 1 aromatic heterocycles. The number of aliphatic carboxylic acids is 1. The number of aromatic nitrogens is 2. The van der Waals surface area contributed by atoms with E-state index in [1.165, 1.54) is 23.5 Å². The molecule has 2 aliphatic rings. The lowest BCUT2D eigenvalue weighted by Crippen LogP contribution is -2.72. The molecule has 3 atom stereocenters. The lowest BCUT2D eigenvalue weighted by Gasteiger charge is -2.52. The van der Waals surface area contributed by atoms with Crippen molar-refractivity contribution in [1.29, 1.82) is 0 Å². The van der Waals surface area contributed by atoms with E-state index in [0.717, 1.165) is 0 Å². The van der Waals surface area contributed by atoms with E-state index in [1.54, 1.807) is 11.8 Å². The van der Waals surface area contributed by atoms with Gasteiger partial charge in [0, 0.05) is 18.1 Å². The number of rotatable bonds is 5. The van der Waals surface area contributed by atoms with Crippen LogP contribution in [0.3, 0.4) is 0 Å². The summed E-state index contributed by atoms with van der Waals surface area (Å²) >= 11 is 2.72. The highest BCUT2D eigenvalue weighted by molar-refractivity contribution is 8.00. The molecule has 0 radical (unpaired) electrons. The molecule has 2 unspecified atom stereocenters. The van der Waals surface area contributed by atoms with Crippen LogP contribution < -0.4 is 21.8 Å². The van der Waals surface area contributed by atoms with Gasteiger partial charge < -0.3 is 27.2 Å². The second-order valence-corrected chi connectivity index (χ2v) is 8.65. The van der Waals surface area contributed by atoms with Crippen molar-refractivity contribution in [1.82, 2.24) is 9.88 Å². The molecule has 3 heterocycles. The SMILES string of the molecule is CC[n+]1c(SCC2(C(=O)O)CS[C@@H]3C(N)C(=O)N3C2)nc(N)c(C)c1N. The first-order valence-corrected chi connectivity index (χ1v) is 10.2. The monoisotopic (exact) mass is 399 g/mol. The molecule has 0 bridgehead atoms. The molecule has 26 heavy (non-hydrogen) atoms. The number of carboxylic acid groups (broad SMARTS) is 1. The van der Waals surface area contributed by atoms with Crippen molar-refractivity contribution >= 4 is 47.0 Å². The summed E-state index contributed by atoms with van der Waals surface area (Å²) in [7, 11) is 0. The fourth-order valence-electron chi connectivity index (χ4n) is 3.11. The summed E-state index contributed by atoms with van der Waals surface area (Å²) in [4.78, 5) is 29.9. The molecular weight excluding hydrogens is 376 g/mol. The molecule has 1 aromatic rings. The number of nitrogens with zero attached hydrogens (tertiary/aromatic N) is 3. The summed E-state index contributed by atoms with van der Waals surface area (Å²) in [5.74, 6) is 0.384. The molecular formula is C15H23N6O3S2+. The summed E-state index contributed by atoms with van der Waals surface area (Å²) in [6.07, 6.45) is 0. The third kappa shape index (κ3) is 2.87. The number of hydrogen-bond donors (Lipinski definition) is 4. The molecule has 2 saturated heterocycles. The number of hydrogen-bond acceptors (Lipinski definition) is 8. The number of carbonyl (C=O) groups is 2. The molecule has 2 fully saturated rings. The zero-order valence-corrected chi connectivity index (χ0v) is 16.3. The fourth-order valence-corrected chi connectivity index (χ4v) is 6.00. The van der Waals surface area contributed by atoms with Crippen LogP contribution in [0.5, 0.6) is 0 Å². The standard InChI is InChI=1S/C15H22N6O3S2/c1-3-20-10(18)7(2)9(17)19-14(20)26-6-15(13(23)24)4-21-11(22)8(16)12(21)25-5-15/h8,12H,3-6,16H2,1-2H3,(H4,17,18,23,24)/p+1/t8?,12-,15?/m1/s1. The zero-order valence-electron chi connectivity index (χ0n) is 14.6. The minimum absolute atomic E-state index is 0.121. The summed E-state index contributed by atoms with van der Waals surface area (Å²) < 4.78 is 1.81. The Morgan fingerprint density at radius 2 is 2.23 bits per heavy atom. The maximum absolute atomic E-state index is 12.0. The molecule has 0 aliphatic carbocycles. The highest BCUT2D eigenvalue weighted by Crippen LogP contribution is 2.43. The van der Waals surface area contributed by atoms with Gasteiger partial charge in [-0.15, -0.1) is 11.8 Å². The van der Waals surface area contributed by atoms with Gasteiger partial charge in [0.2, 0.25) is 17.5 Å². The number of carboxylic acids is 1. The van der Waals surface area contributed by atoms with E-state index >= 15 is 0 Å². The summed E-state index contributed by atoms with van der Waals surface area (Å²) in [5.41, 5.74) is 17.5. The molecule has 9 nitrogen and oxygen atoms in total. The Hall–Kier alpha value is -1.72. The number of fused-ring (bicyclic) bond motifs is 1. The van der Waals surface area contributed by atoms with Crippen molar-refractivity contribution in [2.24, 2.45) is 11.1 Å². The van der Waals surface area contributed by atoms with Gasteiger partial charge in [0.25, 0.3) is 0 Å². The predicted molar refractivity (Wildman–Crippen MR) is 100 cm³/mol. The predicted octanol–water partition coefficient (Wildman–Crippen LogP) is -0.733. The normalized spacial score (nSPS) is 27.8. The number of β-lactam (4-membered cyclic amide) rings is 1. The summed E-state index contributed by atoms with van der Waals surface area (Å²) in [6.45, 7) is 4.49. The van der Waals surface area contributed by atoms with Gasteiger partial charge in [-0.3, -0.25) is 9.59 Å². The van der Waals surface area contributed by atoms with Crippen LogP contribution in [0.2, 0.25) is 0 Å². The topological polar surface area (TPSA) is 152 Å². The van der Waals surface area contributed by atoms with Gasteiger partial charge in [-0.1, -0.05) is 16.7 Å². The third-order valence-electron chi connectivity index (χ3n) is 4.94. The van der Waals surface area contributed by atoms with Gasteiger partial charge >= 0.3 is 11.1 Å². The Kier molecular flexibility index (Phi) is 4.97. The molecule has 7 N–H and O–H groups in total. The molecule has 0 spiro atoms. The average molecular weight is 400 g/mol. The van der Waals surface area contributed by atoms with Gasteiger partial charge in [0.05, 0.1) is 12.1 Å². The molecule has 0 saturated carbocycles. The molecule has 11 heteroatoms. The Balaban J connectivity index is 1.83. The second-order valence-electron chi connectivity index (χ2n) is 6.60. The minimum Gasteiger partial charge on any atom is -0.481 e. The van der Waals surface area contributed by atoms with Gasteiger partial charge in [0.15, 0.2) is 0 Å². The van der Waals surface area contributed by atoms with Gasteiger partial charge in [-0.2, -0.15) is 0 Å². The van der Waals surface area contributed by atoms with Gasteiger partial charge in [-0.25, -0.2) is 4.57 Å².